The van der Waals surface area contributed by atoms with Crippen LogP contribution in [0.3, 0.4) is 0 Å². The molecule has 1 unspecified atom stereocenters. The van der Waals surface area contributed by atoms with Gasteiger partial charge < -0.3 is 5.11 Å². The van der Waals surface area contributed by atoms with Gasteiger partial charge in [-0.15, -0.1) is 0 Å². The fraction of sp³-hybridized carbons (Fsp3) is 1.00. The van der Waals surface area contributed by atoms with Crippen molar-refractivity contribution in [3.63, 3.8) is 0 Å². The molecule has 1 heteroatoms. The van der Waals surface area contributed by atoms with Gasteiger partial charge in [-0.2, -0.15) is 0 Å². The normalized spacial score (nSPS) is 21.6. The van der Waals surface area contributed by atoms with Gasteiger partial charge in [0.25, 0.3) is 0 Å². The van der Waals surface area contributed by atoms with Gasteiger partial charge in [-0.1, -0.05) is 46.0 Å². The summed E-state index contributed by atoms with van der Waals surface area (Å²) in [7, 11) is 0. The molecule has 14 heavy (non-hydrogen) atoms. The van der Waals surface area contributed by atoms with Crippen molar-refractivity contribution < 1.29 is 5.11 Å². The molecule has 1 saturated carbocycles. The van der Waals surface area contributed by atoms with Crippen molar-refractivity contribution >= 4 is 0 Å². The lowest BCUT2D eigenvalue weighted by atomic mass is 9.64. The van der Waals surface area contributed by atoms with Gasteiger partial charge in [-0.3, -0.25) is 0 Å². The molecule has 1 nitrogen and oxygen atoms in total. The monoisotopic (exact) mass is 198 g/mol. The first-order valence-electron chi connectivity index (χ1n) is 6.37. The van der Waals surface area contributed by atoms with Crippen LogP contribution in [0.25, 0.3) is 0 Å². The van der Waals surface area contributed by atoms with Gasteiger partial charge in [0.2, 0.25) is 0 Å². The first kappa shape index (κ1) is 12.0. The Kier molecular flexibility index (Phi) is 4.94. The standard InChI is InChI=1S/C13H26O/c1-3-5-7-12(4-2)10-13(11-14)8-6-9-13/h12,14H,3-11H2,1-2H3. The Morgan fingerprint density at radius 3 is 2.36 bits per heavy atom. The van der Waals surface area contributed by atoms with Gasteiger partial charge in [0.15, 0.2) is 0 Å². The number of hydrogen-bond donors (Lipinski definition) is 1. The van der Waals surface area contributed by atoms with E-state index in [1.54, 1.807) is 0 Å². The minimum absolute atomic E-state index is 0.342. The Morgan fingerprint density at radius 1 is 1.29 bits per heavy atom. The molecule has 0 aromatic carbocycles. The van der Waals surface area contributed by atoms with E-state index in [-0.39, 0.29) is 0 Å². The van der Waals surface area contributed by atoms with Crippen LogP contribution in [0.5, 0.6) is 0 Å². The van der Waals surface area contributed by atoms with Gasteiger partial charge in [0.05, 0.1) is 0 Å². The molecular weight excluding hydrogens is 172 g/mol. The molecular formula is C13H26O. The molecule has 84 valence electrons. The fourth-order valence-corrected chi connectivity index (χ4v) is 2.66. The van der Waals surface area contributed by atoms with E-state index in [1.165, 1.54) is 51.4 Å². The second-order valence-electron chi connectivity index (χ2n) is 5.13. The van der Waals surface area contributed by atoms with E-state index >= 15 is 0 Å². The molecule has 1 rings (SSSR count). The second-order valence-corrected chi connectivity index (χ2v) is 5.13. The predicted octanol–water partition coefficient (Wildman–Crippen LogP) is 3.76. The summed E-state index contributed by atoms with van der Waals surface area (Å²) in [5.74, 6) is 0.863. The summed E-state index contributed by atoms with van der Waals surface area (Å²) in [5.41, 5.74) is 0.342. The van der Waals surface area contributed by atoms with Crippen molar-refractivity contribution in [2.45, 2.75) is 65.2 Å². The average Bonchev–Trinajstić information content (AvgIpc) is 2.16. The number of unbranched alkanes of at least 4 members (excludes halogenated alkanes) is 1. The zero-order chi connectivity index (χ0) is 10.4. The Hall–Kier alpha value is -0.0400. The van der Waals surface area contributed by atoms with Crippen LogP contribution in [-0.2, 0) is 0 Å². The maximum absolute atomic E-state index is 9.41. The zero-order valence-electron chi connectivity index (χ0n) is 9.89. The molecule has 0 saturated heterocycles. The van der Waals surface area contributed by atoms with E-state index in [1.807, 2.05) is 0 Å². The SMILES string of the molecule is CCCCC(CC)CC1(CO)CCC1. The molecule has 0 spiro atoms. The van der Waals surface area contributed by atoms with Crippen LogP contribution in [0, 0.1) is 11.3 Å². The lowest BCUT2D eigenvalue weighted by Gasteiger charge is -2.42. The van der Waals surface area contributed by atoms with E-state index in [0.29, 0.717) is 12.0 Å². The molecule has 1 fully saturated rings. The summed E-state index contributed by atoms with van der Waals surface area (Å²) in [6.45, 7) is 4.98. The fourth-order valence-electron chi connectivity index (χ4n) is 2.66. The molecule has 0 amide bonds. The highest BCUT2D eigenvalue weighted by atomic mass is 16.3. The van der Waals surface area contributed by atoms with Gasteiger partial charge in [-0.25, -0.2) is 0 Å². The van der Waals surface area contributed by atoms with E-state index < -0.39 is 0 Å². The summed E-state index contributed by atoms with van der Waals surface area (Å²) >= 11 is 0. The number of aliphatic hydroxyl groups excluding tert-OH is 1. The molecule has 1 atom stereocenters. The summed E-state index contributed by atoms with van der Waals surface area (Å²) in [5, 5.41) is 9.41. The van der Waals surface area contributed by atoms with Crippen molar-refractivity contribution in [1.29, 1.82) is 0 Å². The van der Waals surface area contributed by atoms with E-state index in [4.69, 9.17) is 0 Å². The van der Waals surface area contributed by atoms with Crippen LogP contribution in [0.15, 0.2) is 0 Å². The van der Waals surface area contributed by atoms with Crippen LogP contribution in [0.2, 0.25) is 0 Å². The first-order chi connectivity index (χ1) is 6.76. The molecule has 0 aromatic rings. The molecule has 1 N–H and O–H groups in total. The summed E-state index contributed by atoms with van der Waals surface area (Å²) < 4.78 is 0. The number of aliphatic hydroxyl groups is 1. The van der Waals surface area contributed by atoms with E-state index in [2.05, 4.69) is 13.8 Å². The van der Waals surface area contributed by atoms with Gasteiger partial charge in [0.1, 0.15) is 0 Å². The predicted molar refractivity (Wildman–Crippen MR) is 61.3 cm³/mol. The topological polar surface area (TPSA) is 20.2 Å². The third-order valence-electron chi connectivity index (χ3n) is 4.01. The molecule has 1 aliphatic rings. The highest BCUT2D eigenvalue weighted by Gasteiger charge is 2.37. The highest BCUT2D eigenvalue weighted by molar-refractivity contribution is 4.88. The molecule has 0 aliphatic heterocycles. The van der Waals surface area contributed by atoms with E-state index in [9.17, 15) is 5.11 Å². The van der Waals surface area contributed by atoms with E-state index in [0.717, 1.165) is 5.92 Å². The zero-order valence-corrected chi connectivity index (χ0v) is 9.89. The first-order valence-corrected chi connectivity index (χ1v) is 6.37. The summed E-state index contributed by atoms with van der Waals surface area (Å²) in [6, 6.07) is 0. The number of rotatable bonds is 7. The van der Waals surface area contributed by atoms with Gasteiger partial charge >= 0.3 is 0 Å². The minimum atomic E-state index is 0.342. The maximum Gasteiger partial charge on any atom is 0.0487 e. The minimum Gasteiger partial charge on any atom is -0.396 e. The number of hydrogen-bond acceptors (Lipinski definition) is 1. The summed E-state index contributed by atoms with van der Waals surface area (Å²) in [6.07, 6.45) is 10.5. The molecule has 0 bridgehead atoms. The molecule has 1 aliphatic carbocycles. The second kappa shape index (κ2) is 5.75. The largest absolute Gasteiger partial charge is 0.396 e. The smallest absolute Gasteiger partial charge is 0.0487 e. The van der Waals surface area contributed by atoms with Gasteiger partial charge in [-0.05, 0) is 30.6 Å². The third-order valence-corrected chi connectivity index (χ3v) is 4.01. The quantitative estimate of drug-likeness (QED) is 0.660. The Labute approximate surface area is 88.9 Å². The lowest BCUT2D eigenvalue weighted by Crippen LogP contribution is -2.35. The van der Waals surface area contributed by atoms with Crippen molar-refractivity contribution in [1.82, 2.24) is 0 Å². The highest BCUT2D eigenvalue weighted by Crippen LogP contribution is 2.46. The van der Waals surface area contributed by atoms with Crippen molar-refractivity contribution in [2.75, 3.05) is 6.61 Å². The van der Waals surface area contributed by atoms with Crippen LogP contribution < -0.4 is 0 Å². The summed E-state index contributed by atoms with van der Waals surface area (Å²) in [4.78, 5) is 0. The maximum atomic E-state index is 9.41. The van der Waals surface area contributed by atoms with Gasteiger partial charge in [0, 0.05) is 6.61 Å². The van der Waals surface area contributed by atoms with Crippen molar-refractivity contribution in [3.05, 3.63) is 0 Å². The van der Waals surface area contributed by atoms with Crippen LogP contribution >= 0.6 is 0 Å². The molecule has 0 radical (unpaired) electrons. The van der Waals surface area contributed by atoms with Crippen molar-refractivity contribution in [3.8, 4) is 0 Å². The average molecular weight is 198 g/mol. The van der Waals surface area contributed by atoms with Crippen LogP contribution in [-0.4, -0.2) is 11.7 Å². The van der Waals surface area contributed by atoms with Crippen LogP contribution in [0.4, 0.5) is 0 Å². The Bertz CT molecular complexity index is 144. The Balaban J connectivity index is 2.30. The lowest BCUT2D eigenvalue weighted by molar-refractivity contribution is 0.0179. The Morgan fingerprint density at radius 2 is 2.00 bits per heavy atom. The van der Waals surface area contributed by atoms with Crippen LogP contribution in [0.1, 0.15) is 65.2 Å². The molecule has 0 heterocycles. The third kappa shape index (κ3) is 2.98. The van der Waals surface area contributed by atoms with Crippen molar-refractivity contribution in [2.24, 2.45) is 11.3 Å². The molecule has 0 aromatic heterocycles.